The van der Waals surface area contributed by atoms with Crippen LogP contribution in [0.5, 0.6) is 0 Å². The molecule has 0 radical (unpaired) electrons. The molecule has 1 aromatic heterocycles. The van der Waals surface area contributed by atoms with Crippen molar-refractivity contribution in [1.82, 2.24) is 15.3 Å². The molecule has 1 fully saturated rings. The number of ether oxygens (including phenoxy) is 1. The number of nitrogens with one attached hydrogen (secondary N) is 1. The Balaban J connectivity index is 2.19. The highest BCUT2D eigenvalue weighted by Crippen LogP contribution is 2.21. The van der Waals surface area contributed by atoms with Gasteiger partial charge >= 0.3 is 0 Å². The Bertz CT molecular complexity index is 402. The van der Waals surface area contributed by atoms with E-state index >= 15 is 0 Å². The van der Waals surface area contributed by atoms with E-state index in [2.05, 4.69) is 15.3 Å². The Morgan fingerprint density at radius 2 is 2.39 bits per heavy atom. The number of likely N-dealkylation sites (N-methyl/N-ethyl adjacent to an activating group) is 1. The summed E-state index contributed by atoms with van der Waals surface area (Å²) in [6.07, 6.45) is 1.41. The van der Waals surface area contributed by atoms with Crippen molar-refractivity contribution in [2.75, 3.05) is 37.7 Å². The second-order valence-electron chi connectivity index (χ2n) is 4.33. The fraction of sp³-hybridized carbons (Fsp3) is 0.667. The van der Waals surface area contributed by atoms with Gasteiger partial charge in [0.15, 0.2) is 11.6 Å². The summed E-state index contributed by atoms with van der Waals surface area (Å²) < 4.78 is 19.5. The van der Waals surface area contributed by atoms with Crippen molar-refractivity contribution >= 4 is 5.82 Å². The Labute approximate surface area is 106 Å². The Morgan fingerprint density at radius 1 is 1.56 bits per heavy atom. The largest absolute Gasteiger partial charge is 0.377 e. The molecule has 2 heterocycles. The minimum atomic E-state index is -0.333. The normalized spacial score (nSPS) is 20.2. The van der Waals surface area contributed by atoms with Crippen molar-refractivity contribution in [3.05, 3.63) is 17.8 Å². The predicted octanol–water partition coefficient (Wildman–Crippen LogP) is 0.739. The van der Waals surface area contributed by atoms with Crippen LogP contribution in [0, 0.1) is 12.7 Å². The summed E-state index contributed by atoms with van der Waals surface area (Å²) in [6.45, 7) is 7.20. The third-order valence-corrected chi connectivity index (χ3v) is 3.07. The van der Waals surface area contributed by atoms with E-state index in [1.165, 1.54) is 6.33 Å². The molecule has 0 bridgehead atoms. The van der Waals surface area contributed by atoms with Gasteiger partial charge in [0, 0.05) is 13.1 Å². The van der Waals surface area contributed by atoms with Crippen LogP contribution >= 0.6 is 0 Å². The second-order valence-corrected chi connectivity index (χ2v) is 4.33. The Kier molecular flexibility index (Phi) is 4.43. The molecule has 5 nitrogen and oxygen atoms in total. The number of hydrogen-bond acceptors (Lipinski definition) is 5. The van der Waals surface area contributed by atoms with Crippen LogP contribution < -0.4 is 10.2 Å². The molecule has 100 valence electrons. The summed E-state index contributed by atoms with van der Waals surface area (Å²) in [4.78, 5) is 9.91. The number of anilines is 1. The molecule has 1 aliphatic heterocycles. The number of hydrogen-bond donors (Lipinski definition) is 1. The lowest BCUT2D eigenvalue weighted by atomic mass is 10.2. The van der Waals surface area contributed by atoms with Crippen molar-refractivity contribution in [3.63, 3.8) is 0 Å². The van der Waals surface area contributed by atoms with E-state index in [0.29, 0.717) is 31.3 Å². The lowest BCUT2D eigenvalue weighted by Gasteiger charge is -2.36. The van der Waals surface area contributed by atoms with Gasteiger partial charge in [0.05, 0.1) is 24.9 Å². The summed E-state index contributed by atoms with van der Waals surface area (Å²) >= 11 is 0. The summed E-state index contributed by atoms with van der Waals surface area (Å²) in [7, 11) is 0. The van der Waals surface area contributed by atoms with Gasteiger partial charge < -0.3 is 15.0 Å². The van der Waals surface area contributed by atoms with Gasteiger partial charge in [0.2, 0.25) is 0 Å². The van der Waals surface area contributed by atoms with Crippen molar-refractivity contribution in [2.24, 2.45) is 0 Å². The molecule has 0 saturated carbocycles. The molecule has 1 aliphatic rings. The van der Waals surface area contributed by atoms with E-state index in [-0.39, 0.29) is 11.9 Å². The van der Waals surface area contributed by atoms with Gasteiger partial charge in [-0.05, 0) is 13.5 Å². The monoisotopic (exact) mass is 254 g/mol. The second kappa shape index (κ2) is 6.06. The highest BCUT2D eigenvalue weighted by molar-refractivity contribution is 5.42. The van der Waals surface area contributed by atoms with Crippen LogP contribution in [0.1, 0.15) is 12.6 Å². The van der Waals surface area contributed by atoms with Gasteiger partial charge in [-0.3, -0.25) is 0 Å². The molecule has 1 saturated heterocycles. The molecular formula is C12H19FN4O. The molecule has 1 aromatic rings. The standard InChI is InChI=1S/C12H19FN4O/c1-3-14-6-10-7-18-5-4-17(10)12-11(13)9(2)15-8-16-12/h8,10,14H,3-7H2,1-2H3. The predicted molar refractivity (Wildman–Crippen MR) is 67.2 cm³/mol. The zero-order valence-corrected chi connectivity index (χ0v) is 10.8. The molecule has 0 spiro atoms. The van der Waals surface area contributed by atoms with Crippen molar-refractivity contribution in [2.45, 2.75) is 19.9 Å². The number of aromatic nitrogens is 2. The molecule has 0 aliphatic carbocycles. The zero-order valence-electron chi connectivity index (χ0n) is 10.8. The molecule has 2 rings (SSSR count). The summed E-state index contributed by atoms with van der Waals surface area (Å²) in [6, 6.07) is 0.113. The van der Waals surface area contributed by atoms with Gasteiger partial charge in [0.25, 0.3) is 0 Å². The lowest BCUT2D eigenvalue weighted by molar-refractivity contribution is 0.0930. The summed E-state index contributed by atoms with van der Waals surface area (Å²) in [5, 5.41) is 3.26. The highest BCUT2D eigenvalue weighted by Gasteiger charge is 2.26. The summed E-state index contributed by atoms with van der Waals surface area (Å²) in [5.74, 6) is 0.0506. The number of morpholine rings is 1. The molecule has 0 aromatic carbocycles. The molecule has 0 amide bonds. The van der Waals surface area contributed by atoms with Gasteiger partial charge in [-0.2, -0.15) is 0 Å². The number of halogens is 1. The van der Waals surface area contributed by atoms with E-state index in [4.69, 9.17) is 4.74 Å². The zero-order chi connectivity index (χ0) is 13.0. The van der Waals surface area contributed by atoms with E-state index in [1.807, 2.05) is 11.8 Å². The first kappa shape index (κ1) is 13.2. The van der Waals surface area contributed by atoms with Crippen LogP contribution in [0.3, 0.4) is 0 Å². The first-order chi connectivity index (χ1) is 8.74. The van der Waals surface area contributed by atoms with Crippen LogP contribution in [0.25, 0.3) is 0 Å². The van der Waals surface area contributed by atoms with E-state index in [9.17, 15) is 4.39 Å². The number of aryl methyl sites for hydroxylation is 1. The molecular weight excluding hydrogens is 235 g/mol. The maximum absolute atomic E-state index is 14.1. The van der Waals surface area contributed by atoms with E-state index in [0.717, 1.165) is 13.1 Å². The van der Waals surface area contributed by atoms with Crippen LogP contribution in [0.2, 0.25) is 0 Å². The van der Waals surface area contributed by atoms with Crippen LogP contribution in [-0.4, -0.2) is 48.9 Å². The van der Waals surface area contributed by atoms with E-state index in [1.54, 1.807) is 6.92 Å². The minimum Gasteiger partial charge on any atom is -0.377 e. The smallest absolute Gasteiger partial charge is 0.186 e. The molecule has 1 atom stereocenters. The SMILES string of the molecule is CCNCC1COCCN1c1ncnc(C)c1F. The van der Waals surface area contributed by atoms with Crippen LogP contribution in [-0.2, 0) is 4.74 Å². The first-order valence-corrected chi connectivity index (χ1v) is 6.26. The topological polar surface area (TPSA) is 50.3 Å². The Hall–Kier alpha value is -1.27. The van der Waals surface area contributed by atoms with Gasteiger partial charge in [-0.25, -0.2) is 14.4 Å². The first-order valence-electron chi connectivity index (χ1n) is 6.26. The quantitative estimate of drug-likeness (QED) is 0.859. The Morgan fingerprint density at radius 3 is 3.17 bits per heavy atom. The summed E-state index contributed by atoms with van der Waals surface area (Å²) in [5.41, 5.74) is 0.383. The fourth-order valence-corrected chi connectivity index (χ4v) is 2.06. The lowest BCUT2D eigenvalue weighted by Crippen LogP contribution is -2.51. The number of nitrogens with zero attached hydrogens (tertiary/aromatic N) is 3. The third-order valence-electron chi connectivity index (χ3n) is 3.07. The van der Waals surface area contributed by atoms with Crippen molar-refractivity contribution in [1.29, 1.82) is 0 Å². The fourth-order valence-electron chi connectivity index (χ4n) is 2.06. The van der Waals surface area contributed by atoms with Gasteiger partial charge in [-0.1, -0.05) is 6.92 Å². The average Bonchev–Trinajstić information content (AvgIpc) is 2.40. The number of rotatable bonds is 4. The van der Waals surface area contributed by atoms with Gasteiger partial charge in [0.1, 0.15) is 6.33 Å². The van der Waals surface area contributed by atoms with Crippen LogP contribution in [0.4, 0.5) is 10.2 Å². The van der Waals surface area contributed by atoms with Gasteiger partial charge in [-0.15, -0.1) is 0 Å². The molecule has 1 unspecified atom stereocenters. The third kappa shape index (κ3) is 2.76. The van der Waals surface area contributed by atoms with E-state index < -0.39 is 0 Å². The van der Waals surface area contributed by atoms with Crippen molar-refractivity contribution in [3.8, 4) is 0 Å². The highest BCUT2D eigenvalue weighted by atomic mass is 19.1. The maximum atomic E-state index is 14.1. The average molecular weight is 254 g/mol. The molecule has 6 heteroatoms. The maximum Gasteiger partial charge on any atom is 0.186 e. The van der Waals surface area contributed by atoms with Crippen molar-refractivity contribution < 1.29 is 9.13 Å². The molecule has 18 heavy (non-hydrogen) atoms. The molecule has 1 N–H and O–H groups in total. The minimum absolute atomic E-state index is 0.113. The van der Waals surface area contributed by atoms with Crippen LogP contribution in [0.15, 0.2) is 6.33 Å².